The summed E-state index contributed by atoms with van der Waals surface area (Å²) >= 11 is 1.44. The van der Waals surface area contributed by atoms with Gasteiger partial charge in [0.2, 0.25) is 0 Å². The molecule has 1 aliphatic heterocycles. The molecular formula is C16H21N3O3S. The third-order valence-corrected chi connectivity index (χ3v) is 4.86. The summed E-state index contributed by atoms with van der Waals surface area (Å²) in [6.45, 7) is 3.49. The van der Waals surface area contributed by atoms with Gasteiger partial charge < -0.3 is 19.7 Å². The molecule has 2 N–H and O–H groups in total. The van der Waals surface area contributed by atoms with Gasteiger partial charge in [-0.25, -0.2) is 4.98 Å². The van der Waals surface area contributed by atoms with Gasteiger partial charge in [-0.15, -0.1) is 11.3 Å². The third kappa shape index (κ3) is 3.56. The molecule has 0 aromatic carbocycles. The van der Waals surface area contributed by atoms with Crippen LogP contribution in [0, 0.1) is 0 Å². The van der Waals surface area contributed by atoms with Crippen molar-refractivity contribution < 1.29 is 14.3 Å². The fourth-order valence-corrected chi connectivity index (χ4v) is 3.71. The summed E-state index contributed by atoms with van der Waals surface area (Å²) in [4.78, 5) is 18.9. The summed E-state index contributed by atoms with van der Waals surface area (Å²) in [5.41, 5.74) is 0.477. The van der Waals surface area contributed by atoms with Gasteiger partial charge in [0.1, 0.15) is 17.6 Å². The van der Waals surface area contributed by atoms with Crippen LogP contribution in [0.4, 0.5) is 5.13 Å². The summed E-state index contributed by atoms with van der Waals surface area (Å²) in [6, 6.07) is 3.54. The van der Waals surface area contributed by atoms with Crippen LogP contribution in [0.2, 0.25) is 0 Å². The lowest BCUT2D eigenvalue weighted by Crippen LogP contribution is -2.36. The lowest BCUT2D eigenvalue weighted by molar-refractivity contribution is 0.0637. The maximum Gasteiger partial charge on any atom is 0.273 e. The average Bonchev–Trinajstić information content (AvgIpc) is 3.28. The van der Waals surface area contributed by atoms with Crippen molar-refractivity contribution in [2.45, 2.75) is 38.3 Å². The fraction of sp³-hybridized carbons (Fsp3) is 0.500. The Balaban J connectivity index is 1.66. The first kappa shape index (κ1) is 16.0. The Kier molecular flexibility index (Phi) is 4.97. The van der Waals surface area contributed by atoms with E-state index in [1.165, 1.54) is 11.3 Å². The molecule has 3 rings (SSSR count). The second-order valence-electron chi connectivity index (χ2n) is 5.63. The van der Waals surface area contributed by atoms with Crippen molar-refractivity contribution in [2.24, 2.45) is 0 Å². The number of carbonyl (C=O) groups excluding carboxylic acids is 1. The summed E-state index contributed by atoms with van der Waals surface area (Å²) in [7, 11) is 0. The van der Waals surface area contributed by atoms with Crippen molar-refractivity contribution in [3.05, 3.63) is 35.2 Å². The maximum absolute atomic E-state index is 12.7. The summed E-state index contributed by atoms with van der Waals surface area (Å²) in [5, 5.41) is 15.9. The van der Waals surface area contributed by atoms with Crippen LogP contribution in [-0.4, -0.2) is 40.0 Å². The van der Waals surface area contributed by atoms with Gasteiger partial charge >= 0.3 is 0 Å². The van der Waals surface area contributed by atoms with Gasteiger partial charge in [0.15, 0.2) is 5.13 Å². The van der Waals surface area contributed by atoms with Crippen molar-refractivity contribution in [3.63, 3.8) is 0 Å². The van der Waals surface area contributed by atoms with Crippen molar-refractivity contribution in [3.8, 4) is 0 Å². The van der Waals surface area contributed by atoms with E-state index in [0.717, 1.165) is 24.5 Å². The zero-order valence-electron chi connectivity index (χ0n) is 13.1. The second-order valence-corrected chi connectivity index (χ2v) is 6.49. The molecule has 7 heteroatoms. The van der Waals surface area contributed by atoms with E-state index in [9.17, 15) is 9.90 Å². The highest BCUT2D eigenvalue weighted by Crippen LogP contribution is 2.29. The highest BCUT2D eigenvalue weighted by atomic mass is 32.1. The fourth-order valence-electron chi connectivity index (χ4n) is 2.95. The van der Waals surface area contributed by atoms with Crippen LogP contribution in [0.5, 0.6) is 0 Å². The largest absolute Gasteiger partial charge is 0.467 e. The first-order chi connectivity index (χ1) is 11.2. The van der Waals surface area contributed by atoms with Gasteiger partial charge in [-0.2, -0.15) is 0 Å². The zero-order valence-corrected chi connectivity index (χ0v) is 13.9. The summed E-state index contributed by atoms with van der Waals surface area (Å²) < 4.78 is 5.24. The molecule has 2 aromatic rings. The molecule has 0 saturated carbocycles. The molecular weight excluding hydrogens is 314 g/mol. The molecule has 0 spiro atoms. The quantitative estimate of drug-likeness (QED) is 0.848. The van der Waals surface area contributed by atoms with Gasteiger partial charge in [-0.1, -0.05) is 0 Å². The minimum Gasteiger partial charge on any atom is -0.467 e. The highest BCUT2D eigenvalue weighted by molar-refractivity contribution is 7.13. The monoisotopic (exact) mass is 335 g/mol. The number of rotatable bonds is 6. The third-order valence-electron chi connectivity index (χ3n) is 4.06. The van der Waals surface area contributed by atoms with Crippen molar-refractivity contribution >= 4 is 22.4 Å². The minimum atomic E-state index is -0.684. The minimum absolute atomic E-state index is 0.0203. The normalized spacial score (nSPS) is 19.0. The van der Waals surface area contributed by atoms with E-state index in [-0.39, 0.29) is 11.9 Å². The Morgan fingerprint density at radius 2 is 2.52 bits per heavy atom. The molecule has 1 saturated heterocycles. The lowest BCUT2D eigenvalue weighted by Gasteiger charge is -2.25. The Morgan fingerprint density at radius 1 is 1.65 bits per heavy atom. The SMILES string of the molecule is CCNc1nc(C(=O)N2CCC[C@H]2C[C@@H](O)c2ccco2)cs1. The number of amides is 1. The molecule has 0 radical (unpaired) electrons. The van der Waals surface area contributed by atoms with Crippen molar-refractivity contribution in [2.75, 3.05) is 18.4 Å². The Labute approximate surface area is 139 Å². The topological polar surface area (TPSA) is 78.6 Å². The van der Waals surface area contributed by atoms with Crippen LogP contribution < -0.4 is 5.32 Å². The number of nitrogens with one attached hydrogen (secondary N) is 1. The molecule has 1 amide bonds. The zero-order chi connectivity index (χ0) is 16.2. The molecule has 0 aliphatic carbocycles. The van der Waals surface area contributed by atoms with Gasteiger partial charge in [-0.3, -0.25) is 4.79 Å². The number of likely N-dealkylation sites (tertiary alicyclic amines) is 1. The number of nitrogens with zero attached hydrogens (tertiary/aromatic N) is 2. The molecule has 1 aliphatic rings. The second kappa shape index (κ2) is 7.14. The molecule has 1 fully saturated rings. The number of carbonyl (C=O) groups is 1. The number of aromatic nitrogens is 1. The number of thiazole rings is 1. The van der Waals surface area contributed by atoms with Crippen LogP contribution >= 0.6 is 11.3 Å². The average molecular weight is 335 g/mol. The van der Waals surface area contributed by atoms with E-state index in [4.69, 9.17) is 4.42 Å². The molecule has 0 bridgehead atoms. The predicted molar refractivity (Wildman–Crippen MR) is 88.6 cm³/mol. The van der Waals surface area contributed by atoms with Crippen LogP contribution in [0.15, 0.2) is 28.2 Å². The summed E-state index contributed by atoms with van der Waals surface area (Å²) in [5.74, 6) is 0.493. The molecule has 0 unspecified atom stereocenters. The Bertz CT molecular complexity index is 641. The molecule has 124 valence electrons. The van der Waals surface area contributed by atoms with E-state index in [1.54, 1.807) is 23.8 Å². The molecule has 3 heterocycles. The van der Waals surface area contributed by atoms with Crippen LogP contribution in [0.25, 0.3) is 0 Å². The van der Waals surface area contributed by atoms with E-state index in [1.807, 2.05) is 11.8 Å². The number of furan rings is 1. The van der Waals surface area contributed by atoms with Crippen molar-refractivity contribution in [1.82, 2.24) is 9.88 Å². The van der Waals surface area contributed by atoms with Gasteiger partial charge in [0.05, 0.1) is 6.26 Å². The maximum atomic E-state index is 12.7. The van der Waals surface area contributed by atoms with E-state index in [0.29, 0.717) is 24.4 Å². The highest BCUT2D eigenvalue weighted by Gasteiger charge is 2.32. The van der Waals surface area contributed by atoms with Crippen molar-refractivity contribution in [1.29, 1.82) is 0 Å². The lowest BCUT2D eigenvalue weighted by atomic mass is 10.0. The van der Waals surface area contributed by atoms with Gasteiger partial charge in [0.25, 0.3) is 5.91 Å². The predicted octanol–water partition coefficient (Wildman–Crippen LogP) is 2.90. The number of hydrogen-bond donors (Lipinski definition) is 2. The molecule has 2 aromatic heterocycles. The van der Waals surface area contributed by atoms with E-state index >= 15 is 0 Å². The molecule has 2 atom stereocenters. The van der Waals surface area contributed by atoms with Gasteiger partial charge in [-0.05, 0) is 31.9 Å². The standard InChI is InChI=1S/C16H21N3O3S/c1-2-17-16-18-12(10-23-16)15(21)19-7-3-5-11(19)9-13(20)14-6-4-8-22-14/h4,6,8,10-11,13,20H,2-3,5,7,9H2,1H3,(H,17,18)/t11-,13+/m0/s1. The van der Waals surface area contributed by atoms with E-state index < -0.39 is 6.10 Å². The molecule has 6 nitrogen and oxygen atoms in total. The first-order valence-electron chi connectivity index (χ1n) is 7.91. The Morgan fingerprint density at radius 3 is 3.26 bits per heavy atom. The van der Waals surface area contributed by atoms with Gasteiger partial charge in [0, 0.05) is 30.9 Å². The summed E-state index contributed by atoms with van der Waals surface area (Å²) in [6.07, 6.45) is 3.20. The van der Waals surface area contributed by atoms with Crippen LogP contribution in [0.3, 0.4) is 0 Å². The van der Waals surface area contributed by atoms with E-state index in [2.05, 4.69) is 10.3 Å². The van der Waals surface area contributed by atoms with Crippen LogP contribution in [-0.2, 0) is 0 Å². The number of hydrogen-bond acceptors (Lipinski definition) is 6. The smallest absolute Gasteiger partial charge is 0.273 e. The Hall–Kier alpha value is -1.86. The first-order valence-corrected chi connectivity index (χ1v) is 8.78. The number of aliphatic hydroxyl groups excluding tert-OH is 1. The number of aliphatic hydroxyl groups is 1. The molecule has 23 heavy (non-hydrogen) atoms. The number of anilines is 1. The van der Waals surface area contributed by atoms with Crippen LogP contribution in [0.1, 0.15) is 48.5 Å².